The van der Waals surface area contributed by atoms with Crippen LogP contribution in [0.1, 0.15) is 11.3 Å². The van der Waals surface area contributed by atoms with E-state index >= 15 is 0 Å². The van der Waals surface area contributed by atoms with Gasteiger partial charge in [0.05, 0.1) is 11.6 Å². The van der Waals surface area contributed by atoms with Gasteiger partial charge in [0, 0.05) is 17.9 Å². The van der Waals surface area contributed by atoms with Gasteiger partial charge in [-0.1, -0.05) is 0 Å². The normalized spacial score (nSPS) is 22.1. The van der Waals surface area contributed by atoms with Gasteiger partial charge >= 0.3 is 6.18 Å². The number of pyridine rings is 1. The molecular formula is C13H16F3N5O. The third-order valence-electron chi connectivity index (χ3n) is 3.16. The van der Waals surface area contributed by atoms with E-state index in [1.165, 1.54) is 13.0 Å². The SMILES string of the molecule is Cc1cc(C(F)(F)F)cc(NC(=O)C2C=C(N)C(N)CN2)n1. The zero-order valence-electron chi connectivity index (χ0n) is 11.7. The Labute approximate surface area is 124 Å². The monoisotopic (exact) mass is 315 g/mol. The second-order valence-corrected chi connectivity index (χ2v) is 5.03. The third-order valence-corrected chi connectivity index (χ3v) is 3.16. The van der Waals surface area contributed by atoms with E-state index in [9.17, 15) is 18.0 Å². The Kier molecular flexibility index (Phi) is 4.38. The zero-order chi connectivity index (χ0) is 16.5. The lowest BCUT2D eigenvalue weighted by Crippen LogP contribution is -2.51. The lowest BCUT2D eigenvalue weighted by molar-refractivity contribution is -0.137. The van der Waals surface area contributed by atoms with Crippen LogP contribution in [0.15, 0.2) is 23.9 Å². The lowest BCUT2D eigenvalue weighted by atomic mass is 10.1. The van der Waals surface area contributed by atoms with E-state index < -0.39 is 29.7 Å². The van der Waals surface area contributed by atoms with E-state index in [1.54, 1.807) is 0 Å². The molecule has 0 radical (unpaired) electrons. The van der Waals surface area contributed by atoms with Crippen LogP contribution in [0.3, 0.4) is 0 Å². The molecule has 0 aliphatic carbocycles. The van der Waals surface area contributed by atoms with Crippen molar-refractivity contribution < 1.29 is 18.0 Å². The number of alkyl halides is 3. The Morgan fingerprint density at radius 2 is 2.14 bits per heavy atom. The van der Waals surface area contributed by atoms with Crippen LogP contribution in [-0.2, 0) is 11.0 Å². The summed E-state index contributed by atoms with van der Waals surface area (Å²) < 4.78 is 38.2. The minimum absolute atomic E-state index is 0.152. The highest BCUT2D eigenvalue weighted by Crippen LogP contribution is 2.30. The third kappa shape index (κ3) is 3.74. The summed E-state index contributed by atoms with van der Waals surface area (Å²) in [6.07, 6.45) is -3.07. The number of aryl methyl sites for hydroxylation is 1. The van der Waals surface area contributed by atoms with Crippen molar-refractivity contribution in [3.05, 3.63) is 35.2 Å². The Morgan fingerprint density at radius 1 is 1.45 bits per heavy atom. The Hall–Kier alpha value is -2.13. The number of nitrogens with zero attached hydrogens (tertiary/aromatic N) is 1. The first-order valence-electron chi connectivity index (χ1n) is 6.49. The molecule has 0 saturated heterocycles. The van der Waals surface area contributed by atoms with Gasteiger partial charge in [-0.05, 0) is 25.1 Å². The van der Waals surface area contributed by atoms with Crippen molar-refractivity contribution in [3.63, 3.8) is 0 Å². The fourth-order valence-corrected chi connectivity index (χ4v) is 2.02. The molecule has 2 unspecified atom stereocenters. The first-order chi connectivity index (χ1) is 10.2. The van der Waals surface area contributed by atoms with Crippen molar-refractivity contribution in [2.45, 2.75) is 25.2 Å². The average molecular weight is 315 g/mol. The predicted molar refractivity (Wildman–Crippen MR) is 74.6 cm³/mol. The van der Waals surface area contributed by atoms with Crippen molar-refractivity contribution >= 4 is 11.7 Å². The second kappa shape index (κ2) is 5.93. The maximum atomic E-state index is 12.7. The van der Waals surface area contributed by atoms with E-state index in [4.69, 9.17) is 11.5 Å². The fraction of sp³-hybridized carbons (Fsp3) is 0.385. The number of carbonyl (C=O) groups excluding carboxylic acids is 1. The van der Waals surface area contributed by atoms with E-state index in [0.717, 1.165) is 12.1 Å². The molecule has 22 heavy (non-hydrogen) atoms. The number of nitrogens with one attached hydrogen (secondary N) is 2. The van der Waals surface area contributed by atoms with Gasteiger partial charge in [0.15, 0.2) is 0 Å². The molecule has 0 fully saturated rings. The fourth-order valence-electron chi connectivity index (χ4n) is 2.02. The standard InChI is InChI=1S/C13H16F3N5O/c1-6-2-7(13(14,15)16)3-11(20-6)21-12(22)10-4-8(17)9(18)5-19-10/h2-4,9-10,19H,5,17-18H2,1H3,(H,20,21,22). The van der Waals surface area contributed by atoms with Crippen LogP contribution >= 0.6 is 0 Å². The Bertz CT molecular complexity index is 614. The number of carbonyl (C=O) groups is 1. The van der Waals surface area contributed by atoms with Crippen LogP contribution in [0.5, 0.6) is 0 Å². The predicted octanol–water partition coefficient (Wildman–Crippen LogP) is 0.489. The lowest BCUT2D eigenvalue weighted by Gasteiger charge is -2.24. The first-order valence-corrected chi connectivity index (χ1v) is 6.49. The molecule has 2 heterocycles. The number of aromatic nitrogens is 1. The van der Waals surface area contributed by atoms with Gasteiger partial charge in [0.1, 0.15) is 11.9 Å². The van der Waals surface area contributed by atoms with Crippen molar-refractivity contribution in [1.82, 2.24) is 10.3 Å². The summed E-state index contributed by atoms with van der Waals surface area (Å²) in [6, 6.07) is 0.534. The van der Waals surface area contributed by atoms with Crippen molar-refractivity contribution in [3.8, 4) is 0 Å². The zero-order valence-corrected chi connectivity index (χ0v) is 11.7. The molecule has 1 aromatic rings. The minimum atomic E-state index is -4.51. The van der Waals surface area contributed by atoms with Gasteiger partial charge in [-0.15, -0.1) is 0 Å². The van der Waals surface area contributed by atoms with Gasteiger partial charge < -0.3 is 22.1 Å². The molecule has 0 bridgehead atoms. The number of hydrogen-bond donors (Lipinski definition) is 4. The molecule has 1 amide bonds. The number of hydrogen-bond acceptors (Lipinski definition) is 5. The van der Waals surface area contributed by atoms with Gasteiger partial charge in [0.2, 0.25) is 5.91 Å². The van der Waals surface area contributed by atoms with Crippen LogP contribution in [0, 0.1) is 6.92 Å². The highest BCUT2D eigenvalue weighted by molar-refractivity contribution is 5.95. The number of halogens is 3. The second-order valence-electron chi connectivity index (χ2n) is 5.03. The highest BCUT2D eigenvalue weighted by Gasteiger charge is 2.32. The summed E-state index contributed by atoms with van der Waals surface area (Å²) in [7, 11) is 0. The molecule has 6 nitrogen and oxygen atoms in total. The van der Waals surface area contributed by atoms with Crippen LogP contribution < -0.4 is 22.1 Å². The van der Waals surface area contributed by atoms with E-state index in [0.29, 0.717) is 12.2 Å². The number of amides is 1. The number of anilines is 1. The number of nitrogens with two attached hydrogens (primary N) is 2. The molecule has 0 aromatic carbocycles. The summed E-state index contributed by atoms with van der Waals surface area (Å²) in [4.78, 5) is 15.9. The van der Waals surface area contributed by atoms with Crippen molar-refractivity contribution in [2.24, 2.45) is 11.5 Å². The molecule has 120 valence electrons. The van der Waals surface area contributed by atoms with E-state index in [2.05, 4.69) is 15.6 Å². The average Bonchev–Trinajstić information content (AvgIpc) is 2.40. The molecule has 9 heteroatoms. The largest absolute Gasteiger partial charge is 0.416 e. The van der Waals surface area contributed by atoms with Crippen LogP contribution in [0.4, 0.5) is 19.0 Å². The summed E-state index contributed by atoms with van der Waals surface area (Å²) in [6.45, 7) is 1.72. The molecule has 1 aliphatic rings. The van der Waals surface area contributed by atoms with Crippen LogP contribution in [-0.4, -0.2) is 29.5 Å². The maximum absolute atomic E-state index is 12.7. The van der Waals surface area contributed by atoms with Crippen LogP contribution in [0.2, 0.25) is 0 Å². The molecule has 2 rings (SSSR count). The molecule has 0 spiro atoms. The highest BCUT2D eigenvalue weighted by atomic mass is 19.4. The first kappa shape index (κ1) is 16.2. The van der Waals surface area contributed by atoms with Gasteiger partial charge in [-0.2, -0.15) is 13.2 Å². The molecule has 2 atom stereocenters. The van der Waals surface area contributed by atoms with Crippen molar-refractivity contribution in [2.75, 3.05) is 11.9 Å². The molecule has 6 N–H and O–H groups in total. The topological polar surface area (TPSA) is 106 Å². The molecule has 1 aliphatic heterocycles. The van der Waals surface area contributed by atoms with Gasteiger partial charge in [-0.25, -0.2) is 4.98 Å². The van der Waals surface area contributed by atoms with Gasteiger partial charge in [0.25, 0.3) is 0 Å². The summed E-state index contributed by atoms with van der Waals surface area (Å²) in [5.41, 5.74) is 10.9. The molecule has 1 aromatic heterocycles. The smallest absolute Gasteiger partial charge is 0.401 e. The Balaban J connectivity index is 2.17. The quantitative estimate of drug-likeness (QED) is 0.635. The summed E-state index contributed by atoms with van der Waals surface area (Å²) in [5.74, 6) is -0.720. The van der Waals surface area contributed by atoms with E-state index in [1.807, 2.05) is 0 Å². The number of rotatable bonds is 2. The molecular weight excluding hydrogens is 299 g/mol. The van der Waals surface area contributed by atoms with Gasteiger partial charge in [-0.3, -0.25) is 4.79 Å². The maximum Gasteiger partial charge on any atom is 0.416 e. The van der Waals surface area contributed by atoms with E-state index in [-0.39, 0.29) is 11.5 Å². The minimum Gasteiger partial charge on any atom is -0.401 e. The summed E-state index contributed by atoms with van der Waals surface area (Å²) >= 11 is 0. The van der Waals surface area contributed by atoms with Crippen molar-refractivity contribution in [1.29, 1.82) is 0 Å². The molecule has 0 saturated carbocycles. The summed E-state index contributed by atoms with van der Waals surface area (Å²) in [5, 5.41) is 5.18. The van der Waals surface area contributed by atoms with Crippen LogP contribution in [0.25, 0.3) is 0 Å². The Morgan fingerprint density at radius 3 is 2.73 bits per heavy atom.